The zero-order valence-corrected chi connectivity index (χ0v) is 13.2. The minimum atomic E-state index is -4.55. The van der Waals surface area contributed by atoms with E-state index < -0.39 is 12.3 Å². The van der Waals surface area contributed by atoms with Crippen molar-refractivity contribution in [3.63, 3.8) is 0 Å². The number of ether oxygens (including phenoxy) is 1. The molecule has 0 radical (unpaired) electrons. The van der Waals surface area contributed by atoms with Gasteiger partial charge in [-0.15, -0.1) is 11.3 Å². The van der Waals surface area contributed by atoms with Gasteiger partial charge >= 0.3 is 6.18 Å². The number of alkyl halides is 3. The minimum absolute atomic E-state index is 0.0241. The number of fused-ring (bicyclic) bond motifs is 1. The number of thiophene rings is 1. The van der Waals surface area contributed by atoms with Crippen LogP contribution in [0.2, 0.25) is 0 Å². The van der Waals surface area contributed by atoms with Gasteiger partial charge in [0.15, 0.2) is 0 Å². The summed E-state index contributed by atoms with van der Waals surface area (Å²) in [5.74, 6) is -0.0851. The fraction of sp³-hybridized carbons (Fsp3) is 0.143. The molecule has 0 saturated heterocycles. The number of hydrogen-bond acceptors (Lipinski definition) is 4. The number of aromatic nitrogens is 2. The number of nitrogens with zero attached hydrogens (tertiary/aromatic N) is 2. The van der Waals surface area contributed by atoms with Crippen LogP contribution in [-0.2, 0) is 0 Å². The van der Waals surface area contributed by atoms with Crippen LogP contribution in [0, 0.1) is 0 Å². The highest BCUT2D eigenvalue weighted by Crippen LogP contribution is 2.39. The lowest BCUT2D eigenvalue weighted by Crippen LogP contribution is -2.26. The maximum Gasteiger partial charge on any atom is 0.429 e. The van der Waals surface area contributed by atoms with E-state index in [4.69, 9.17) is 4.74 Å². The molecule has 0 aliphatic carbocycles. The largest absolute Gasteiger partial charge is 0.459 e. The predicted molar refractivity (Wildman–Crippen MR) is 81.0 cm³/mol. The fourth-order valence-electron chi connectivity index (χ4n) is 1.96. The van der Waals surface area contributed by atoms with Gasteiger partial charge in [-0.05, 0) is 22.0 Å². The molecule has 0 saturated carbocycles. The van der Waals surface area contributed by atoms with Crippen LogP contribution >= 0.6 is 27.3 Å². The Bertz CT molecular complexity index is 792. The fourth-order valence-corrected chi connectivity index (χ4v) is 3.37. The van der Waals surface area contributed by atoms with Crippen LogP contribution in [0.15, 0.2) is 46.5 Å². The van der Waals surface area contributed by atoms with E-state index in [1.807, 2.05) is 0 Å². The third-order valence-electron chi connectivity index (χ3n) is 2.89. The average Bonchev–Trinajstić information content (AvgIpc) is 2.85. The summed E-state index contributed by atoms with van der Waals surface area (Å²) < 4.78 is 45.9. The molecule has 1 aromatic carbocycles. The first-order valence-corrected chi connectivity index (χ1v) is 7.74. The summed E-state index contributed by atoms with van der Waals surface area (Å²) in [6.07, 6.45) is -5.43. The summed E-state index contributed by atoms with van der Waals surface area (Å²) in [5, 5.41) is 0.449. The summed E-state index contributed by atoms with van der Waals surface area (Å²) in [7, 11) is 0. The van der Waals surface area contributed by atoms with E-state index in [2.05, 4.69) is 25.9 Å². The second kappa shape index (κ2) is 5.85. The van der Waals surface area contributed by atoms with Crippen molar-refractivity contribution in [1.82, 2.24) is 9.97 Å². The SMILES string of the molecule is FC(F)(F)C(Oc1ncnc2sc(Br)cc12)c1ccccc1. The van der Waals surface area contributed by atoms with E-state index in [1.165, 1.54) is 41.9 Å². The molecule has 22 heavy (non-hydrogen) atoms. The van der Waals surface area contributed by atoms with Gasteiger partial charge in [0.2, 0.25) is 12.0 Å². The third kappa shape index (κ3) is 3.07. The molecule has 0 aliphatic heterocycles. The van der Waals surface area contributed by atoms with Crippen molar-refractivity contribution < 1.29 is 17.9 Å². The third-order valence-corrected chi connectivity index (χ3v) is 4.44. The van der Waals surface area contributed by atoms with Crippen LogP contribution in [0.3, 0.4) is 0 Å². The van der Waals surface area contributed by atoms with Crippen molar-refractivity contribution in [2.45, 2.75) is 12.3 Å². The molecule has 0 bridgehead atoms. The van der Waals surface area contributed by atoms with Crippen LogP contribution in [0.5, 0.6) is 5.88 Å². The van der Waals surface area contributed by atoms with Crippen molar-refractivity contribution in [3.8, 4) is 5.88 Å². The average molecular weight is 389 g/mol. The quantitative estimate of drug-likeness (QED) is 0.623. The van der Waals surface area contributed by atoms with Gasteiger partial charge in [-0.25, -0.2) is 9.97 Å². The lowest BCUT2D eigenvalue weighted by molar-refractivity contribution is -0.198. The lowest BCUT2D eigenvalue weighted by Gasteiger charge is -2.21. The zero-order chi connectivity index (χ0) is 15.7. The van der Waals surface area contributed by atoms with Crippen LogP contribution in [-0.4, -0.2) is 16.1 Å². The molecular formula is C14H8BrF3N2OS. The Labute approximate surface area is 135 Å². The molecule has 8 heteroatoms. The van der Waals surface area contributed by atoms with Gasteiger partial charge in [0.05, 0.1) is 9.17 Å². The standard InChI is InChI=1S/C14H8BrF3N2OS/c15-10-6-9-12(19-7-20-13(9)22-10)21-11(14(16,17)18)8-4-2-1-3-5-8/h1-7,11H. The Morgan fingerprint density at radius 3 is 2.55 bits per heavy atom. The van der Waals surface area contributed by atoms with Gasteiger partial charge in [0, 0.05) is 5.56 Å². The molecule has 0 amide bonds. The van der Waals surface area contributed by atoms with Crippen LogP contribution < -0.4 is 4.74 Å². The molecule has 3 rings (SSSR count). The summed E-state index contributed by atoms with van der Waals surface area (Å²) in [6, 6.07) is 9.12. The highest BCUT2D eigenvalue weighted by Gasteiger charge is 2.43. The summed E-state index contributed by atoms with van der Waals surface area (Å²) in [5.41, 5.74) is 0.0241. The molecule has 1 atom stereocenters. The van der Waals surface area contributed by atoms with Crippen LogP contribution in [0.1, 0.15) is 11.7 Å². The van der Waals surface area contributed by atoms with E-state index in [0.29, 0.717) is 10.2 Å². The Hall–Kier alpha value is -1.67. The van der Waals surface area contributed by atoms with Crippen molar-refractivity contribution in [3.05, 3.63) is 52.1 Å². The van der Waals surface area contributed by atoms with Crippen molar-refractivity contribution in [2.75, 3.05) is 0 Å². The smallest absolute Gasteiger partial charge is 0.429 e. The van der Waals surface area contributed by atoms with E-state index in [-0.39, 0.29) is 11.4 Å². The molecule has 0 N–H and O–H groups in total. The van der Waals surface area contributed by atoms with Gasteiger partial charge < -0.3 is 4.74 Å². The molecule has 3 nitrogen and oxygen atoms in total. The number of benzene rings is 1. The van der Waals surface area contributed by atoms with Crippen LogP contribution in [0.25, 0.3) is 10.2 Å². The second-order valence-electron chi connectivity index (χ2n) is 4.40. The first-order chi connectivity index (χ1) is 10.4. The topological polar surface area (TPSA) is 35.0 Å². The van der Waals surface area contributed by atoms with Gasteiger partial charge in [-0.1, -0.05) is 30.3 Å². The molecule has 3 aromatic rings. The van der Waals surface area contributed by atoms with Crippen molar-refractivity contribution >= 4 is 37.5 Å². The number of rotatable bonds is 3. The van der Waals surface area contributed by atoms with Crippen LogP contribution in [0.4, 0.5) is 13.2 Å². The van der Waals surface area contributed by atoms with E-state index in [9.17, 15) is 13.2 Å². The Kier molecular flexibility index (Phi) is 4.05. The van der Waals surface area contributed by atoms with Crippen molar-refractivity contribution in [1.29, 1.82) is 0 Å². The molecule has 2 aromatic heterocycles. The predicted octanol–water partition coefficient (Wildman–Crippen LogP) is 5.14. The van der Waals surface area contributed by atoms with Gasteiger partial charge in [-0.2, -0.15) is 13.2 Å². The molecule has 0 fully saturated rings. The monoisotopic (exact) mass is 388 g/mol. The van der Waals surface area contributed by atoms with E-state index in [0.717, 1.165) is 3.79 Å². The molecule has 0 spiro atoms. The van der Waals surface area contributed by atoms with Gasteiger partial charge in [0.1, 0.15) is 11.2 Å². The first kappa shape index (κ1) is 15.2. The lowest BCUT2D eigenvalue weighted by atomic mass is 10.1. The maximum atomic E-state index is 13.3. The first-order valence-electron chi connectivity index (χ1n) is 6.13. The summed E-state index contributed by atoms with van der Waals surface area (Å²) >= 11 is 4.58. The summed E-state index contributed by atoms with van der Waals surface area (Å²) in [6.45, 7) is 0. The molecule has 114 valence electrons. The Morgan fingerprint density at radius 2 is 1.86 bits per heavy atom. The molecule has 2 heterocycles. The van der Waals surface area contributed by atoms with E-state index in [1.54, 1.807) is 12.1 Å². The van der Waals surface area contributed by atoms with Gasteiger partial charge in [0.25, 0.3) is 0 Å². The maximum absolute atomic E-state index is 13.3. The second-order valence-corrected chi connectivity index (χ2v) is 6.81. The number of halogens is 4. The van der Waals surface area contributed by atoms with Crippen molar-refractivity contribution in [2.24, 2.45) is 0 Å². The normalized spacial score (nSPS) is 13.3. The molecule has 0 aliphatic rings. The highest BCUT2D eigenvalue weighted by atomic mass is 79.9. The number of hydrogen-bond donors (Lipinski definition) is 0. The highest BCUT2D eigenvalue weighted by molar-refractivity contribution is 9.11. The molecular weight excluding hydrogens is 381 g/mol. The van der Waals surface area contributed by atoms with E-state index >= 15 is 0 Å². The Balaban J connectivity index is 2.03. The Morgan fingerprint density at radius 1 is 1.14 bits per heavy atom. The zero-order valence-electron chi connectivity index (χ0n) is 10.8. The minimum Gasteiger partial charge on any atom is -0.459 e. The van der Waals surface area contributed by atoms with Gasteiger partial charge in [-0.3, -0.25) is 0 Å². The summed E-state index contributed by atoms with van der Waals surface area (Å²) in [4.78, 5) is 8.43. The molecule has 1 unspecified atom stereocenters.